The Morgan fingerprint density at radius 1 is 0.857 bits per heavy atom. The maximum absolute atomic E-state index is 13.2. The van der Waals surface area contributed by atoms with Crippen LogP contribution in [0.1, 0.15) is 45.1 Å². The first kappa shape index (κ1) is 25.9. The van der Waals surface area contributed by atoms with Gasteiger partial charge in [0.1, 0.15) is 6.54 Å². The van der Waals surface area contributed by atoms with Crippen molar-refractivity contribution >= 4 is 22.7 Å². The van der Waals surface area contributed by atoms with Crippen molar-refractivity contribution in [3.05, 3.63) is 81.0 Å². The van der Waals surface area contributed by atoms with Crippen LogP contribution in [0, 0.1) is 0 Å². The molecule has 1 heterocycles. The second-order valence-corrected chi connectivity index (χ2v) is 8.96. The predicted molar refractivity (Wildman–Crippen MR) is 137 cm³/mol. The lowest BCUT2D eigenvalue weighted by atomic mass is 10.1. The molecule has 3 rings (SSSR count). The summed E-state index contributed by atoms with van der Waals surface area (Å²) in [5, 5.41) is 6.10. The first-order valence-electron chi connectivity index (χ1n) is 12.2. The van der Waals surface area contributed by atoms with Crippen LogP contribution in [0.4, 0.5) is 0 Å². The van der Waals surface area contributed by atoms with Crippen molar-refractivity contribution in [3.8, 4) is 0 Å². The highest BCUT2D eigenvalue weighted by Crippen LogP contribution is 2.08. The highest BCUT2D eigenvalue weighted by molar-refractivity contribution is 5.81. The zero-order chi connectivity index (χ0) is 25.2. The number of nitrogens with zero attached hydrogens (tertiary/aromatic N) is 2. The lowest BCUT2D eigenvalue weighted by Crippen LogP contribution is -2.42. The van der Waals surface area contributed by atoms with Gasteiger partial charge >= 0.3 is 5.69 Å². The summed E-state index contributed by atoms with van der Waals surface area (Å²) < 4.78 is 2.53. The molecule has 0 saturated heterocycles. The second kappa shape index (κ2) is 12.7. The summed E-state index contributed by atoms with van der Waals surface area (Å²) >= 11 is 0. The first-order valence-corrected chi connectivity index (χ1v) is 12.2. The Morgan fingerprint density at radius 2 is 1.57 bits per heavy atom. The third-order valence-electron chi connectivity index (χ3n) is 5.73. The molecule has 0 saturated carbocycles. The molecular weight excluding hydrogens is 444 g/mol. The van der Waals surface area contributed by atoms with Gasteiger partial charge in [0.15, 0.2) is 0 Å². The summed E-state index contributed by atoms with van der Waals surface area (Å²) in [6.45, 7) is 4.32. The fourth-order valence-electron chi connectivity index (χ4n) is 4.03. The third-order valence-corrected chi connectivity index (χ3v) is 5.73. The van der Waals surface area contributed by atoms with E-state index in [1.807, 2.05) is 44.2 Å². The molecule has 8 nitrogen and oxygen atoms in total. The minimum Gasteiger partial charge on any atom is -0.355 e. The number of rotatable bonds is 12. The predicted octanol–water partition coefficient (Wildman–Crippen LogP) is 2.61. The lowest BCUT2D eigenvalue weighted by molar-refractivity contribution is -0.122. The molecule has 35 heavy (non-hydrogen) atoms. The fraction of sp³-hybridized carbons (Fsp3) is 0.407. The summed E-state index contributed by atoms with van der Waals surface area (Å²) in [7, 11) is 0. The summed E-state index contributed by atoms with van der Waals surface area (Å²) in [5.74, 6) is -0.326. The van der Waals surface area contributed by atoms with Crippen LogP contribution in [0.15, 0.2) is 64.2 Å². The number of aryl methyl sites for hydroxylation is 1. The van der Waals surface area contributed by atoms with Crippen LogP contribution in [0.25, 0.3) is 10.9 Å². The van der Waals surface area contributed by atoms with Crippen molar-refractivity contribution in [2.75, 3.05) is 6.54 Å². The quantitative estimate of drug-likeness (QED) is 0.391. The minimum absolute atomic E-state index is 0.0489. The van der Waals surface area contributed by atoms with Crippen molar-refractivity contribution in [1.29, 1.82) is 0 Å². The van der Waals surface area contributed by atoms with E-state index in [4.69, 9.17) is 0 Å². The van der Waals surface area contributed by atoms with Gasteiger partial charge in [-0.2, -0.15) is 0 Å². The highest BCUT2D eigenvalue weighted by atomic mass is 16.2. The molecule has 0 atom stereocenters. The largest absolute Gasteiger partial charge is 0.355 e. The van der Waals surface area contributed by atoms with Gasteiger partial charge in [0.2, 0.25) is 11.8 Å². The number of hydrogen-bond acceptors (Lipinski definition) is 4. The number of amides is 2. The van der Waals surface area contributed by atoms with E-state index < -0.39 is 5.69 Å². The summed E-state index contributed by atoms with van der Waals surface area (Å²) in [6.07, 6.45) is 3.03. The normalized spacial score (nSPS) is 11.1. The van der Waals surface area contributed by atoms with Crippen molar-refractivity contribution in [1.82, 2.24) is 19.8 Å². The summed E-state index contributed by atoms with van der Waals surface area (Å²) in [5.41, 5.74) is 0.753. The van der Waals surface area contributed by atoms with Gasteiger partial charge in [0, 0.05) is 25.6 Å². The minimum atomic E-state index is -0.514. The van der Waals surface area contributed by atoms with Gasteiger partial charge in [-0.25, -0.2) is 4.79 Å². The molecule has 8 heteroatoms. The van der Waals surface area contributed by atoms with E-state index in [1.54, 1.807) is 24.3 Å². The molecule has 0 aliphatic heterocycles. The van der Waals surface area contributed by atoms with Gasteiger partial charge in [-0.1, -0.05) is 42.5 Å². The van der Waals surface area contributed by atoms with Gasteiger partial charge in [0.05, 0.1) is 10.9 Å². The van der Waals surface area contributed by atoms with Gasteiger partial charge in [-0.3, -0.25) is 23.5 Å². The summed E-state index contributed by atoms with van der Waals surface area (Å²) in [4.78, 5) is 50.7. The first-order chi connectivity index (χ1) is 16.9. The zero-order valence-electron chi connectivity index (χ0n) is 20.5. The maximum atomic E-state index is 13.2. The number of para-hydroxylation sites is 1. The fourth-order valence-corrected chi connectivity index (χ4v) is 4.03. The lowest BCUT2D eigenvalue weighted by Gasteiger charge is -2.14. The van der Waals surface area contributed by atoms with Crippen LogP contribution in [0.5, 0.6) is 0 Å². The Kier molecular flexibility index (Phi) is 9.40. The molecule has 0 bridgehead atoms. The van der Waals surface area contributed by atoms with Crippen LogP contribution >= 0.6 is 0 Å². The molecular formula is C27H34N4O4. The molecule has 0 aliphatic carbocycles. The third kappa shape index (κ3) is 7.40. The maximum Gasteiger partial charge on any atom is 0.331 e. The Bertz CT molecular complexity index is 1260. The molecule has 0 unspecified atom stereocenters. The molecule has 0 aliphatic rings. The molecule has 2 N–H and O–H groups in total. The number of carbonyl (C=O) groups is 2. The number of hydrogen-bond donors (Lipinski definition) is 2. The van der Waals surface area contributed by atoms with Gasteiger partial charge < -0.3 is 10.6 Å². The molecule has 0 fully saturated rings. The van der Waals surface area contributed by atoms with E-state index in [0.29, 0.717) is 36.7 Å². The topological polar surface area (TPSA) is 102 Å². The Hall–Kier alpha value is -3.68. The molecule has 2 amide bonds. The van der Waals surface area contributed by atoms with Crippen LogP contribution < -0.4 is 21.9 Å². The van der Waals surface area contributed by atoms with Gasteiger partial charge in [-0.15, -0.1) is 0 Å². The van der Waals surface area contributed by atoms with Crippen molar-refractivity contribution in [3.63, 3.8) is 0 Å². The van der Waals surface area contributed by atoms with Gasteiger partial charge in [-0.05, 0) is 57.2 Å². The number of fused-ring (bicyclic) bond motifs is 1. The van der Waals surface area contributed by atoms with Crippen LogP contribution in [0.3, 0.4) is 0 Å². The molecule has 2 aromatic carbocycles. The molecule has 186 valence electrons. The van der Waals surface area contributed by atoms with Crippen LogP contribution in [0.2, 0.25) is 0 Å². The number of benzene rings is 2. The van der Waals surface area contributed by atoms with Crippen molar-refractivity contribution < 1.29 is 9.59 Å². The SMILES string of the molecule is CC(C)NC(=O)CCCCn1c(=O)c2ccccc2n(CC(=O)NCCCc2ccccc2)c1=O. The summed E-state index contributed by atoms with van der Waals surface area (Å²) in [6, 6.07) is 16.9. The molecule has 1 aromatic heterocycles. The number of aromatic nitrogens is 2. The van der Waals surface area contributed by atoms with E-state index >= 15 is 0 Å². The Balaban J connectivity index is 1.67. The van der Waals surface area contributed by atoms with E-state index in [2.05, 4.69) is 10.6 Å². The average Bonchev–Trinajstić information content (AvgIpc) is 2.84. The van der Waals surface area contributed by atoms with E-state index in [0.717, 1.165) is 12.8 Å². The number of unbranched alkanes of at least 4 members (excludes halogenated alkanes) is 1. The van der Waals surface area contributed by atoms with Crippen molar-refractivity contribution in [2.24, 2.45) is 0 Å². The average molecular weight is 479 g/mol. The zero-order valence-corrected chi connectivity index (χ0v) is 20.5. The standard InChI is InChI=1S/C27H34N4O4/c1-20(2)29-24(32)16-8-9-18-30-26(34)22-14-6-7-15-23(22)31(27(30)35)19-25(33)28-17-10-13-21-11-4-3-5-12-21/h3-7,11-12,14-15,20H,8-10,13,16-19H2,1-2H3,(H,28,33)(H,29,32). The van der Waals surface area contributed by atoms with Crippen LogP contribution in [-0.4, -0.2) is 33.5 Å². The number of nitrogens with one attached hydrogen (secondary N) is 2. The van der Waals surface area contributed by atoms with Crippen LogP contribution in [-0.2, 0) is 29.1 Å². The molecule has 3 aromatic rings. The molecule has 0 radical (unpaired) electrons. The monoisotopic (exact) mass is 478 g/mol. The smallest absolute Gasteiger partial charge is 0.331 e. The Labute approximate surface area is 205 Å². The number of carbonyl (C=O) groups excluding carboxylic acids is 2. The van der Waals surface area contributed by atoms with Crippen molar-refractivity contribution in [2.45, 2.75) is 65.1 Å². The van der Waals surface area contributed by atoms with E-state index in [9.17, 15) is 19.2 Å². The highest BCUT2D eigenvalue weighted by Gasteiger charge is 2.15. The Morgan fingerprint density at radius 3 is 2.31 bits per heavy atom. The van der Waals surface area contributed by atoms with E-state index in [1.165, 1.54) is 14.7 Å². The van der Waals surface area contributed by atoms with Gasteiger partial charge in [0.25, 0.3) is 5.56 Å². The molecule has 0 spiro atoms. The second-order valence-electron chi connectivity index (χ2n) is 8.96. The van der Waals surface area contributed by atoms with E-state index in [-0.39, 0.29) is 36.5 Å².